The van der Waals surface area contributed by atoms with Crippen LogP contribution < -0.4 is 21.7 Å². The number of rotatable bonds is 10. The Labute approximate surface area is 164 Å². The van der Waals surface area contributed by atoms with Gasteiger partial charge in [0.05, 0.1) is 0 Å². The van der Waals surface area contributed by atoms with Crippen LogP contribution in [0.4, 0.5) is 9.59 Å². The molecule has 0 aromatic rings. The Bertz CT molecular complexity index is 572. The number of esters is 1. The summed E-state index contributed by atoms with van der Waals surface area (Å²) in [5.74, 6) is -1.91. The van der Waals surface area contributed by atoms with E-state index in [0.717, 1.165) is 0 Å². The smallest absolute Gasteiger partial charge is 0.408 e. The first kappa shape index (κ1) is 25.1. The van der Waals surface area contributed by atoms with Crippen molar-refractivity contribution in [1.82, 2.24) is 16.0 Å². The molecule has 0 aliphatic carbocycles. The molecule has 0 aliphatic rings. The second-order valence-corrected chi connectivity index (χ2v) is 7.40. The van der Waals surface area contributed by atoms with Crippen LogP contribution >= 0.6 is 0 Å². The molecule has 0 aromatic heterocycles. The highest BCUT2D eigenvalue weighted by Gasteiger charge is 2.30. The van der Waals surface area contributed by atoms with Crippen LogP contribution in [-0.4, -0.2) is 54.7 Å². The standard InChI is InChI=1S/C17H30N4O7/c1-10(2)12(21-16(26)28-17(3,4)5)13(23)20-11(14(24)27-9-22)7-6-8-19-15(18)25/h9-12H,6-8H2,1-5H3,(H,20,23)(H,21,26)(H3,18,19,25)/t11-,12-/m0/s1. The van der Waals surface area contributed by atoms with Crippen molar-refractivity contribution in [3.8, 4) is 0 Å². The molecule has 160 valence electrons. The first-order valence-electron chi connectivity index (χ1n) is 8.84. The van der Waals surface area contributed by atoms with Crippen LogP contribution in [0.1, 0.15) is 47.5 Å². The number of carbonyl (C=O) groups excluding carboxylic acids is 5. The second kappa shape index (κ2) is 11.8. The van der Waals surface area contributed by atoms with E-state index in [1.807, 2.05) is 0 Å². The Hall–Kier alpha value is -2.85. The third-order valence-electron chi connectivity index (χ3n) is 3.36. The predicted octanol–water partition coefficient (Wildman–Crippen LogP) is 0.169. The van der Waals surface area contributed by atoms with Crippen molar-refractivity contribution in [1.29, 1.82) is 0 Å². The van der Waals surface area contributed by atoms with Crippen LogP contribution in [0.15, 0.2) is 0 Å². The van der Waals surface area contributed by atoms with Crippen LogP contribution in [-0.2, 0) is 23.9 Å². The molecular formula is C17H30N4O7. The van der Waals surface area contributed by atoms with E-state index in [1.165, 1.54) is 0 Å². The average Bonchev–Trinajstić information content (AvgIpc) is 2.53. The average molecular weight is 402 g/mol. The first-order chi connectivity index (χ1) is 12.9. The third kappa shape index (κ3) is 11.0. The minimum absolute atomic E-state index is 0.0397. The molecule has 0 aromatic carbocycles. The maximum atomic E-state index is 12.6. The van der Waals surface area contributed by atoms with E-state index in [9.17, 15) is 24.0 Å². The van der Waals surface area contributed by atoms with E-state index < -0.39 is 41.7 Å². The van der Waals surface area contributed by atoms with E-state index in [1.54, 1.807) is 34.6 Å². The van der Waals surface area contributed by atoms with Crippen molar-refractivity contribution in [2.45, 2.75) is 65.1 Å². The highest BCUT2D eigenvalue weighted by molar-refractivity contribution is 5.91. The fourth-order valence-electron chi connectivity index (χ4n) is 2.13. The molecule has 0 saturated heterocycles. The summed E-state index contributed by atoms with van der Waals surface area (Å²) in [5.41, 5.74) is 4.21. The van der Waals surface area contributed by atoms with Gasteiger partial charge in [0.1, 0.15) is 17.7 Å². The number of amides is 4. The Morgan fingerprint density at radius 1 is 1.11 bits per heavy atom. The Balaban J connectivity index is 5.03. The molecule has 28 heavy (non-hydrogen) atoms. The summed E-state index contributed by atoms with van der Waals surface area (Å²) in [6.07, 6.45) is -0.414. The van der Waals surface area contributed by atoms with Crippen LogP contribution in [0.3, 0.4) is 0 Å². The minimum Gasteiger partial charge on any atom is -0.444 e. The normalized spacial score (nSPS) is 13.1. The van der Waals surface area contributed by atoms with E-state index in [-0.39, 0.29) is 31.8 Å². The number of nitrogens with one attached hydrogen (secondary N) is 3. The Kier molecular flexibility index (Phi) is 10.6. The maximum Gasteiger partial charge on any atom is 0.408 e. The SMILES string of the molecule is CC(C)[C@H](NC(=O)OC(C)(C)C)C(=O)N[C@@H](CCCNC(N)=O)C(=O)OC=O. The molecular weight excluding hydrogens is 372 g/mol. The molecule has 0 fully saturated rings. The molecule has 0 saturated carbocycles. The van der Waals surface area contributed by atoms with Gasteiger partial charge in [0.15, 0.2) is 0 Å². The molecule has 0 spiro atoms. The van der Waals surface area contributed by atoms with Gasteiger partial charge in [-0.1, -0.05) is 13.8 Å². The number of ether oxygens (including phenoxy) is 2. The number of nitrogens with two attached hydrogens (primary N) is 1. The number of urea groups is 1. The van der Waals surface area contributed by atoms with E-state index in [0.29, 0.717) is 0 Å². The van der Waals surface area contributed by atoms with Gasteiger partial charge < -0.3 is 31.2 Å². The largest absolute Gasteiger partial charge is 0.444 e. The lowest BCUT2D eigenvalue weighted by molar-refractivity contribution is -0.154. The molecule has 0 aliphatic heterocycles. The maximum absolute atomic E-state index is 12.6. The van der Waals surface area contributed by atoms with Crippen molar-refractivity contribution >= 4 is 30.5 Å². The first-order valence-corrected chi connectivity index (χ1v) is 8.84. The van der Waals surface area contributed by atoms with Gasteiger partial charge >= 0.3 is 24.6 Å². The van der Waals surface area contributed by atoms with Gasteiger partial charge in [-0.2, -0.15) is 0 Å². The van der Waals surface area contributed by atoms with Crippen LogP contribution in [0, 0.1) is 5.92 Å². The quantitative estimate of drug-likeness (QED) is 0.175. The fraction of sp³-hybridized carbons (Fsp3) is 0.706. The summed E-state index contributed by atoms with van der Waals surface area (Å²) in [6.45, 7) is 8.59. The zero-order valence-electron chi connectivity index (χ0n) is 16.9. The Morgan fingerprint density at radius 2 is 1.71 bits per heavy atom. The number of hydrogen-bond acceptors (Lipinski definition) is 7. The molecule has 0 heterocycles. The monoisotopic (exact) mass is 402 g/mol. The number of carbonyl (C=O) groups is 5. The van der Waals surface area contributed by atoms with Crippen molar-refractivity contribution in [3.63, 3.8) is 0 Å². The highest BCUT2D eigenvalue weighted by atomic mass is 16.6. The van der Waals surface area contributed by atoms with Gasteiger partial charge in [-0.25, -0.2) is 14.4 Å². The molecule has 0 radical (unpaired) electrons. The lowest BCUT2D eigenvalue weighted by atomic mass is 10.0. The molecule has 0 unspecified atom stereocenters. The van der Waals surface area contributed by atoms with Crippen LogP contribution in [0.25, 0.3) is 0 Å². The minimum atomic E-state index is -1.14. The molecule has 4 amide bonds. The number of alkyl carbamates (subject to hydrolysis) is 1. The summed E-state index contributed by atoms with van der Waals surface area (Å²) in [6, 6.07) is -2.85. The summed E-state index contributed by atoms with van der Waals surface area (Å²) in [4.78, 5) is 57.6. The van der Waals surface area contributed by atoms with E-state index in [2.05, 4.69) is 20.7 Å². The molecule has 5 N–H and O–H groups in total. The van der Waals surface area contributed by atoms with Crippen molar-refractivity contribution in [2.24, 2.45) is 11.7 Å². The third-order valence-corrected chi connectivity index (χ3v) is 3.36. The number of primary amides is 1. The lowest BCUT2D eigenvalue weighted by Gasteiger charge is -2.26. The zero-order valence-corrected chi connectivity index (χ0v) is 16.9. The second-order valence-electron chi connectivity index (χ2n) is 7.40. The molecule has 11 heteroatoms. The van der Waals surface area contributed by atoms with Gasteiger partial charge in [0.2, 0.25) is 5.91 Å². The van der Waals surface area contributed by atoms with Gasteiger partial charge in [-0.15, -0.1) is 0 Å². The summed E-state index contributed by atoms with van der Waals surface area (Å²) in [5, 5.41) is 7.26. The van der Waals surface area contributed by atoms with Crippen LogP contribution in [0.5, 0.6) is 0 Å². The topological polar surface area (TPSA) is 166 Å². The summed E-state index contributed by atoms with van der Waals surface area (Å²) < 4.78 is 9.45. The van der Waals surface area contributed by atoms with Crippen molar-refractivity contribution in [3.05, 3.63) is 0 Å². The molecule has 2 atom stereocenters. The molecule has 0 bridgehead atoms. The van der Waals surface area contributed by atoms with E-state index >= 15 is 0 Å². The van der Waals surface area contributed by atoms with Crippen LogP contribution in [0.2, 0.25) is 0 Å². The summed E-state index contributed by atoms with van der Waals surface area (Å²) in [7, 11) is 0. The highest BCUT2D eigenvalue weighted by Crippen LogP contribution is 2.10. The summed E-state index contributed by atoms with van der Waals surface area (Å²) >= 11 is 0. The van der Waals surface area contributed by atoms with E-state index in [4.69, 9.17) is 10.5 Å². The van der Waals surface area contributed by atoms with Crippen molar-refractivity contribution in [2.75, 3.05) is 6.54 Å². The zero-order chi connectivity index (χ0) is 21.9. The Morgan fingerprint density at radius 3 is 2.18 bits per heavy atom. The van der Waals surface area contributed by atoms with Gasteiger partial charge in [-0.3, -0.25) is 9.59 Å². The molecule has 11 nitrogen and oxygen atoms in total. The molecule has 0 rings (SSSR count). The fourth-order valence-corrected chi connectivity index (χ4v) is 2.13. The van der Waals surface area contributed by atoms with Gasteiger partial charge in [0.25, 0.3) is 0 Å². The van der Waals surface area contributed by atoms with Gasteiger partial charge in [-0.05, 0) is 39.5 Å². The number of hydrogen-bond donors (Lipinski definition) is 4. The van der Waals surface area contributed by atoms with Crippen molar-refractivity contribution < 1.29 is 33.4 Å². The van der Waals surface area contributed by atoms with Gasteiger partial charge in [0, 0.05) is 6.54 Å². The predicted molar refractivity (Wildman–Crippen MR) is 98.9 cm³/mol. The lowest BCUT2D eigenvalue weighted by Crippen LogP contribution is -2.54.